The Kier molecular flexibility index (Phi) is 3.61. The molecule has 1 spiro atoms. The number of rotatable bonds is 2. The maximum absolute atomic E-state index is 13.5. The van der Waals surface area contributed by atoms with Crippen molar-refractivity contribution in [3.05, 3.63) is 72.1 Å². The van der Waals surface area contributed by atoms with E-state index in [1.54, 1.807) is 38.7 Å². The molecule has 29 heavy (non-hydrogen) atoms. The second-order valence-electron chi connectivity index (χ2n) is 6.96. The highest BCUT2D eigenvalue weighted by Crippen LogP contribution is 2.53. The average Bonchev–Trinajstić information content (AvgIpc) is 2.98. The highest BCUT2D eigenvalue weighted by atomic mass is 16.5. The van der Waals surface area contributed by atoms with Crippen molar-refractivity contribution < 1.29 is 14.3 Å². The van der Waals surface area contributed by atoms with Gasteiger partial charge in [-0.25, -0.2) is 4.99 Å². The first kappa shape index (κ1) is 17.2. The first-order valence-corrected chi connectivity index (χ1v) is 9.09. The maximum Gasteiger partial charge on any atom is 0.266 e. The van der Waals surface area contributed by atoms with Crippen LogP contribution < -0.4 is 15.2 Å². The number of nitrogens with two attached hydrogens (primary N) is 1. The number of carbonyl (C=O) groups excluding carboxylic acids is 1. The van der Waals surface area contributed by atoms with E-state index in [-0.39, 0.29) is 11.9 Å². The van der Waals surface area contributed by atoms with Gasteiger partial charge in [-0.05, 0) is 35.9 Å². The number of fused-ring (bicyclic) bond motifs is 4. The molecule has 0 bridgehead atoms. The van der Waals surface area contributed by atoms with Gasteiger partial charge in [-0.2, -0.15) is 0 Å². The molecule has 0 radical (unpaired) electrons. The fourth-order valence-corrected chi connectivity index (χ4v) is 3.88. The topological polar surface area (TPSA) is 90.0 Å². The number of likely N-dealkylation sites (N-methyl/N-ethyl adjacent to an activating group) is 1. The zero-order valence-corrected chi connectivity index (χ0v) is 15.9. The fourth-order valence-electron chi connectivity index (χ4n) is 3.88. The maximum atomic E-state index is 13.5. The monoisotopic (exact) mass is 386 g/mol. The van der Waals surface area contributed by atoms with Crippen LogP contribution in [0.2, 0.25) is 0 Å². The smallest absolute Gasteiger partial charge is 0.266 e. The Bertz CT molecular complexity index is 1180. The number of hydrogen-bond donors (Lipinski definition) is 1. The van der Waals surface area contributed by atoms with E-state index in [1.165, 1.54) is 4.90 Å². The molecule has 3 aromatic rings. The molecule has 7 nitrogen and oxygen atoms in total. The summed E-state index contributed by atoms with van der Waals surface area (Å²) in [6.45, 7) is 0. The molecule has 0 saturated heterocycles. The molecule has 0 fully saturated rings. The number of nitrogens with zero attached hydrogens (tertiary/aromatic N) is 3. The van der Waals surface area contributed by atoms with Gasteiger partial charge in [0.05, 0.1) is 7.11 Å². The quantitative estimate of drug-likeness (QED) is 0.731. The normalized spacial score (nSPS) is 19.4. The molecule has 2 aliphatic rings. The number of aromatic nitrogens is 1. The first-order chi connectivity index (χ1) is 14.0. The van der Waals surface area contributed by atoms with Crippen molar-refractivity contribution in [1.82, 2.24) is 9.88 Å². The summed E-state index contributed by atoms with van der Waals surface area (Å²) >= 11 is 0. The lowest BCUT2D eigenvalue weighted by molar-refractivity contribution is -0.129. The molecule has 144 valence electrons. The molecule has 0 saturated carbocycles. The lowest BCUT2D eigenvalue weighted by Crippen LogP contribution is -2.42. The summed E-state index contributed by atoms with van der Waals surface area (Å²) in [7, 11) is 3.21. The molecule has 1 atom stereocenters. The van der Waals surface area contributed by atoms with Crippen LogP contribution in [-0.2, 0) is 10.3 Å². The van der Waals surface area contributed by atoms with Crippen molar-refractivity contribution in [3.63, 3.8) is 0 Å². The Balaban J connectivity index is 1.79. The second-order valence-corrected chi connectivity index (χ2v) is 6.96. The van der Waals surface area contributed by atoms with Crippen LogP contribution in [0, 0.1) is 0 Å². The molecular formula is C22H18N4O3. The minimum atomic E-state index is -1.30. The van der Waals surface area contributed by atoms with Gasteiger partial charge < -0.3 is 15.2 Å². The van der Waals surface area contributed by atoms with E-state index in [9.17, 15) is 4.79 Å². The van der Waals surface area contributed by atoms with Gasteiger partial charge >= 0.3 is 0 Å². The molecule has 1 unspecified atom stereocenters. The Morgan fingerprint density at radius 3 is 2.62 bits per heavy atom. The lowest BCUT2D eigenvalue weighted by atomic mass is 9.79. The van der Waals surface area contributed by atoms with Crippen LogP contribution in [0.4, 0.5) is 0 Å². The van der Waals surface area contributed by atoms with Crippen molar-refractivity contribution >= 4 is 11.9 Å². The predicted molar refractivity (Wildman–Crippen MR) is 108 cm³/mol. The van der Waals surface area contributed by atoms with E-state index in [0.29, 0.717) is 28.4 Å². The number of guanidine groups is 1. The summed E-state index contributed by atoms with van der Waals surface area (Å²) in [6.07, 6.45) is 3.49. The molecule has 3 heterocycles. The van der Waals surface area contributed by atoms with Crippen LogP contribution in [0.15, 0.2) is 65.9 Å². The van der Waals surface area contributed by atoms with E-state index in [1.807, 2.05) is 36.4 Å². The summed E-state index contributed by atoms with van der Waals surface area (Å²) in [5.74, 6) is 1.64. The van der Waals surface area contributed by atoms with E-state index >= 15 is 0 Å². The van der Waals surface area contributed by atoms with E-state index < -0.39 is 5.54 Å². The van der Waals surface area contributed by atoms with Gasteiger partial charge in [0.25, 0.3) is 5.91 Å². The summed E-state index contributed by atoms with van der Waals surface area (Å²) in [5, 5.41) is 0. The van der Waals surface area contributed by atoms with Gasteiger partial charge in [0, 0.05) is 42.2 Å². The number of carbonyl (C=O) groups is 1. The minimum absolute atomic E-state index is 0.163. The molecule has 1 amide bonds. The Morgan fingerprint density at radius 1 is 1.07 bits per heavy atom. The first-order valence-electron chi connectivity index (χ1n) is 9.09. The Morgan fingerprint density at radius 2 is 1.93 bits per heavy atom. The molecule has 1 aromatic heterocycles. The van der Waals surface area contributed by atoms with Crippen LogP contribution in [0.25, 0.3) is 11.1 Å². The van der Waals surface area contributed by atoms with E-state index in [0.717, 1.165) is 11.1 Å². The number of aliphatic imine (C=N–C) groups is 1. The van der Waals surface area contributed by atoms with Crippen LogP contribution in [-0.4, -0.2) is 35.9 Å². The van der Waals surface area contributed by atoms with Crippen LogP contribution in [0.5, 0.6) is 17.2 Å². The second kappa shape index (κ2) is 6.07. The highest BCUT2D eigenvalue weighted by molar-refractivity contribution is 6.10. The minimum Gasteiger partial charge on any atom is -0.497 e. The fraction of sp³-hybridized carbons (Fsp3) is 0.136. The van der Waals surface area contributed by atoms with Crippen molar-refractivity contribution in [2.45, 2.75) is 5.54 Å². The Labute approximate surface area is 167 Å². The van der Waals surface area contributed by atoms with Gasteiger partial charge in [-0.1, -0.05) is 12.1 Å². The van der Waals surface area contributed by atoms with E-state index in [2.05, 4.69) is 9.98 Å². The molecule has 0 aliphatic carbocycles. The van der Waals surface area contributed by atoms with Gasteiger partial charge in [-0.3, -0.25) is 14.7 Å². The molecule has 2 aromatic carbocycles. The average molecular weight is 386 g/mol. The lowest BCUT2D eigenvalue weighted by Gasteiger charge is -2.34. The highest BCUT2D eigenvalue weighted by Gasteiger charge is 2.54. The zero-order valence-electron chi connectivity index (χ0n) is 15.9. The van der Waals surface area contributed by atoms with Crippen molar-refractivity contribution in [1.29, 1.82) is 0 Å². The molecular weight excluding hydrogens is 368 g/mol. The molecule has 2 N–H and O–H groups in total. The van der Waals surface area contributed by atoms with Gasteiger partial charge in [0.1, 0.15) is 17.2 Å². The van der Waals surface area contributed by atoms with Gasteiger partial charge in [0.15, 0.2) is 5.96 Å². The number of amides is 1. The summed E-state index contributed by atoms with van der Waals surface area (Å²) in [5.41, 5.74) is 7.89. The van der Waals surface area contributed by atoms with E-state index in [4.69, 9.17) is 15.2 Å². The summed E-state index contributed by atoms with van der Waals surface area (Å²) in [4.78, 5) is 23.7. The third-order valence-corrected chi connectivity index (χ3v) is 5.40. The van der Waals surface area contributed by atoms with Crippen LogP contribution >= 0.6 is 0 Å². The molecule has 5 rings (SSSR count). The van der Waals surface area contributed by atoms with Crippen molar-refractivity contribution in [2.24, 2.45) is 10.7 Å². The van der Waals surface area contributed by atoms with Gasteiger partial charge in [0.2, 0.25) is 5.54 Å². The third-order valence-electron chi connectivity index (χ3n) is 5.40. The number of methoxy groups -OCH3 is 1. The largest absolute Gasteiger partial charge is 0.497 e. The zero-order chi connectivity index (χ0) is 20.2. The van der Waals surface area contributed by atoms with Crippen molar-refractivity contribution in [2.75, 3.05) is 14.2 Å². The molecule has 2 aliphatic heterocycles. The number of hydrogen-bond acceptors (Lipinski definition) is 6. The van der Waals surface area contributed by atoms with Crippen LogP contribution in [0.1, 0.15) is 11.1 Å². The Hall–Kier alpha value is -3.87. The number of pyridine rings is 1. The van der Waals surface area contributed by atoms with Gasteiger partial charge in [-0.15, -0.1) is 0 Å². The number of ether oxygens (including phenoxy) is 2. The molecule has 7 heteroatoms. The summed E-state index contributed by atoms with van der Waals surface area (Å²) in [6, 6.07) is 14.9. The predicted octanol–water partition coefficient (Wildman–Crippen LogP) is 2.89. The standard InChI is InChI=1S/C22H18N4O3/c1-26-20(27)22(25-21(26)23)16-7-6-15(28-2)11-19(16)29-18-8-5-13(10-17(18)22)14-4-3-9-24-12-14/h3-12H,1-2H3,(H2,23,25). The number of benzene rings is 2. The SMILES string of the molecule is COc1ccc2c(c1)Oc1ccc(-c3cccnc3)cc1C21N=C(N)N(C)C1=O. The third kappa shape index (κ3) is 2.34. The van der Waals surface area contributed by atoms with Crippen molar-refractivity contribution in [3.8, 4) is 28.4 Å². The summed E-state index contributed by atoms with van der Waals surface area (Å²) < 4.78 is 11.5. The van der Waals surface area contributed by atoms with Crippen LogP contribution in [0.3, 0.4) is 0 Å².